The summed E-state index contributed by atoms with van der Waals surface area (Å²) in [4.78, 5) is 12.3. The van der Waals surface area contributed by atoms with Crippen molar-refractivity contribution in [2.75, 3.05) is 6.61 Å². The van der Waals surface area contributed by atoms with Gasteiger partial charge < -0.3 is 9.15 Å². The van der Waals surface area contributed by atoms with Gasteiger partial charge in [-0.15, -0.1) is 0 Å². The fraction of sp³-hybridized carbons (Fsp3) is 0.500. The maximum absolute atomic E-state index is 12.3. The second-order valence-electron chi connectivity index (χ2n) is 5.50. The van der Waals surface area contributed by atoms with Gasteiger partial charge in [0.2, 0.25) is 0 Å². The predicted molar refractivity (Wildman–Crippen MR) is 93.8 cm³/mol. The van der Waals surface area contributed by atoms with Gasteiger partial charge in [0, 0.05) is 4.47 Å². The van der Waals surface area contributed by atoms with Gasteiger partial charge in [0.25, 0.3) is 0 Å². The van der Waals surface area contributed by atoms with E-state index in [4.69, 9.17) is 9.15 Å². The highest BCUT2D eigenvalue weighted by atomic mass is 79.9. The van der Waals surface area contributed by atoms with E-state index in [2.05, 4.69) is 29.8 Å². The number of fused-ring (bicyclic) bond motifs is 1. The van der Waals surface area contributed by atoms with Crippen molar-refractivity contribution >= 4 is 26.9 Å². The lowest BCUT2D eigenvalue weighted by Crippen LogP contribution is -2.12. The molecule has 0 atom stereocenters. The lowest BCUT2D eigenvalue weighted by Gasteiger charge is -2.13. The lowest BCUT2D eigenvalue weighted by atomic mass is 10.1. The van der Waals surface area contributed by atoms with Crippen molar-refractivity contribution in [3.63, 3.8) is 0 Å². The number of unbranched alkanes of at least 4 members (excludes halogenated alkanes) is 3. The molecule has 22 heavy (non-hydrogen) atoms. The maximum atomic E-state index is 12.3. The van der Waals surface area contributed by atoms with Crippen LogP contribution in [0.3, 0.4) is 0 Å². The SMILES string of the molecule is CCCCCc1c(OCCCC)c2cc(Br)ccc2oc1=O. The highest BCUT2D eigenvalue weighted by molar-refractivity contribution is 9.10. The Kier molecular flexibility index (Phi) is 6.49. The average Bonchev–Trinajstić information content (AvgIpc) is 2.50. The monoisotopic (exact) mass is 366 g/mol. The zero-order valence-electron chi connectivity index (χ0n) is 13.3. The average molecular weight is 367 g/mol. The molecule has 1 aromatic heterocycles. The number of rotatable bonds is 8. The van der Waals surface area contributed by atoms with Crippen molar-refractivity contribution in [2.24, 2.45) is 0 Å². The quantitative estimate of drug-likeness (QED) is 0.459. The standard InChI is InChI=1S/C18H23BrO3/c1-3-5-7-8-14-17(21-11-6-4-2)15-12-13(19)9-10-16(15)22-18(14)20/h9-10,12H,3-8,11H2,1-2H3. The van der Waals surface area contributed by atoms with Crippen molar-refractivity contribution in [3.05, 3.63) is 38.7 Å². The van der Waals surface area contributed by atoms with Crippen molar-refractivity contribution in [1.29, 1.82) is 0 Å². The van der Waals surface area contributed by atoms with Crippen LogP contribution in [-0.2, 0) is 6.42 Å². The van der Waals surface area contributed by atoms with Gasteiger partial charge in [-0.05, 0) is 37.5 Å². The molecule has 3 nitrogen and oxygen atoms in total. The van der Waals surface area contributed by atoms with Crippen LogP contribution in [0.5, 0.6) is 5.75 Å². The molecule has 0 unspecified atom stereocenters. The molecule has 120 valence electrons. The largest absolute Gasteiger partial charge is 0.492 e. The molecule has 0 aliphatic rings. The van der Waals surface area contributed by atoms with E-state index in [0.717, 1.165) is 42.0 Å². The van der Waals surface area contributed by atoms with Gasteiger partial charge in [0.05, 0.1) is 17.6 Å². The van der Waals surface area contributed by atoms with E-state index in [1.165, 1.54) is 0 Å². The molecule has 2 rings (SSSR count). The predicted octanol–water partition coefficient (Wildman–Crippen LogP) is 5.47. The minimum absolute atomic E-state index is 0.266. The number of hydrogen-bond donors (Lipinski definition) is 0. The summed E-state index contributed by atoms with van der Waals surface area (Å²) in [5.41, 5.74) is 0.992. The molecule has 0 N–H and O–H groups in total. The van der Waals surface area contributed by atoms with Gasteiger partial charge in [-0.3, -0.25) is 0 Å². The molecule has 0 fully saturated rings. The zero-order valence-corrected chi connectivity index (χ0v) is 14.9. The summed E-state index contributed by atoms with van der Waals surface area (Å²) in [5, 5.41) is 0.872. The Balaban J connectivity index is 2.46. The first-order chi connectivity index (χ1) is 10.7. The van der Waals surface area contributed by atoms with Crippen molar-refractivity contribution in [2.45, 2.75) is 52.4 Å². The minimum Gasteiger partial charge on any atom is -0.492 e. The van der Waals surface area contributed by atoms with Crippen LogP contribution in [0.25, 0.3) is 11.0 Å². The summed E-state index contributed by atoms with van der Waals surface area (Å²) in [5.74, 6) is 0.706. The number of ether oxygens (including phenoxy) is 1. The van der Waals surface area contributed by atoms with E-state index < -0.39 is 0 Å². The highest BCUT2D eigenvalue weighted by Crippen LogP contribution is 2.31. The van der Waals surface area contributed by atoms with E-state index in [0.29, 0.717) is 29.9 Å². The Hall–Kier alpha value is -1.29. The fourth-order valence-electron chi connectivity index (χ4n) is 2.44. The molecule has 4 heteroatoms. The van der Waals surface area contributed by atoms with Gasteiger partial charge in [-0.1, -0.05) is 49.0 Å². The maximum Gasteiger partial charge on any atom is 0.343 e. The molecule has 0 aliphatic heterocycles. The molecule has 0 radical (unpaired) electrons. The Morgan fingerprint density at radius 1 is 1.14 bits per heavy atom. The van der Waals surface area contributed by atoms with Gasteiger partial charge >= 0.3 is 5.63 Å². The molecule has 1 heterocycles. The normalized spacial score (nSPS) is 11.0. The molecule has 0 saturated heterocycles. The van der Waals surface area contributed by atoms with Crippen molar-refractivity contribution in [1.82, 2.24) is 0 Å². The molecule has 0 saturated carbocycles. The third kappa shape index (κ3) is 4.13. The van der Waals surface area contributed by atoms with Gasteiger partial charge in [-0.2, -0.15) is 0 Å². The Morgan fingerprint density at radius 3 is 2.64 bits per heavy atom. The van der Waals surface area contributed by atoms with Crippen LogP contribution in [0.4, 0.5) is 0 Å². The Morgan fingerprint density at radius 2 is 1.91 bits per heavy atom. The van der Waals surface area contributed by atoms with Crippen LogP contribution in [0.1, 0.15) is 51.5 Å². The van der Waals surface area contributed by atoms with Crippen LogP contribution >= 0.6 is 15.9 Å². The second kappa shape index (κ2) is 8.37. The Labute approximate surface area is 139 Å². The van der Waals surface area contributed by atoms with Crippen molar-refractivity contribution < 1.29 is 9.15 Å². The molecule has 2 aromatic rings. The van der Waals surface area contributed by atoms with E-state index in [1.54, 1.807) is 0 Å². The number of hydrogen-bond acceptors (Lipinski definition) is 3. The van der Waals surface area contributed by atoms with Gasteiger partial charge in [0.15, 0.2) is 0 Å². The minimum atomic E-state index is -0.266. The van der Waals surface area contributed by atoms with Crippen LogP contribution < -0.4 is 10.4 Å². The highest BCUT2D eigenvalue weighted by Gasteiger charge is 2.16. The fourth-order valence-corrected chi connectivity index (χ4v) is 2.80. The molecule has 0 spiro atoms. The summed E-state index contributed by atoms with van der Waals surface area (Å²) < 4.78 is 12.4. The van der Waals surface area contributed by atoms with Crippen LogP contribution in [0, 0.1) is 0 Å². The first-order valence-electron chi connectivity index (χ1n) is 8.05. The van der Waals surface area contributed by atoms with Gasteiger partial charge in [-0.25, -0.2) is 4.79 Å². The van der Waals surface area contributed by atoms with Crippen LogP contribution in [0.15, 0.2) is 31.9 Å². The molecular formula is C18H23BrO3. The van der Waals surface area contributed by atoms with E-state index >= 15 is 0 Å². The number of benzene rings is 1. The summed E-state index contributed by atoms with van der Waals surface area (Å²) in [6.07, 6.45) is 5.95. The Bertz CT molecular complexity index is 676. The molecule has 1 aromatic carbocycles. The van der Waals surface area contributed by atoms with Gasteiger partial charge in [0.1, 0.15) is 11.3 Å². The molecular weight excluding hydrogens is 344 g/mol. The topological polar surface area (TPSA) is 39.4 Å². The van der Waals surface area contributed by atoms with Crippen molar-refractivity contribution in [3.8, 4) is 5.75 Å². The zero-order chi connectivity index (χ0) is 15.9. The first-order valence-corrected chi connectivity index (χ1v) is 8.84. The van der Waals surface area contributed by atoms with Crippen LogP contribution in [0.2, 0.25) is 0 Å². The lowest BCUT2D eigenvalue weighted by molar-refractivity contribution is 0.306. The van der Waals surface area contributed by atoms with E-state index in [1.807, 2.05) is 18.2 Å². The summed E-state index contributed by atoms with van der Waals surface area (Å²) in [6, 6.07) is 5.64. The second-order valence-corrected chi connectivity index (χ2v) is 6.41. The third-order valence-corrected chi connectivity index (χ3v) is 4.18. The number of halogens is 1. The summed E-state index contributed by atoms with van der Waals surface area (Å²) in [6.45, 7) is 4.90. The first kappa shape index (κ1) is 17.1. The third-order valence-electron chi connectivity index (χ3n) is 3.68. The summed E-state index contributed by atoms with van der Waals surface area (Å²) >= 11 is 3.48. The smallest absolute Gasteiger partial charge is 0.343 e. The van der Waals surface area contributed by atoms with E-state index in [-0.39, 0.29) is 5.63 Å². The molecule has 0 aliphatic carbocycles. The molecule has 0 amide bonds. The summed E-state index contributed by atoms with van der Waals surface area (Å²) in [7, 11) is 0. The van der Waals surface area contributed by atoms with E-state index in [9.17, 15) is 4.79 Å². The van der Waals surface area contributed by atoms with Crippen LogP contribution in [-0.4, -0.2) is 6.61 Å². The molecule has 0 bridgehead atoms.